The van der Waals surface area contributed by atoms with Crippen LogP contribution in [0.15, 0.2) is 77.7 Å². The van der Waals surface area contributed by atoms with Crippen LogP contribution >= 0.6 is 0 Å². The van der Waals surface area contributed by atoms with Gasteiger partial charge in [0, 0.05) is 26.7 Å². The molecule has 0 aliphatic carbocycles. The molecule has 1 amide bonds. The van der Waals surface area contributed by atoms with Crippen LogP contribution in [0.4, 0.5) is 11.4 Å². The highest BCUT2D eigenvalue weighted by Crippen LogP contribution is 2.25. The smallest absolute Gasteiger partial charge is 0.264 e. The molecule has 0 aliphatic rings. The zero-order valence-electron chi connectivity index (χ0n) is 20.2. The van der Waals surface area contributed by atoms with Crippen molar-refractivity contribution >= 4 is 27.3 Å². The molecular weight excluding hydrogens is 468 g/mol. The van der Waals surface area contributed by atoms with E-state index in [4.69, 9.17) is 9.47 Å². The highest BCUT2D eigenvalue weighted by Gasteiger charge is 2.21. The van der Waals surface area contributed by atoms with Gasteiger partial charge in [-0.25, -0.2) is 8.42 Å². The van der Waals surface area contributed by atoms with Crippen LogP contribution in [-0.4, -0.2) is 52.8 Å². The molecule has 0 aliphatic heterocycles. The van der Waals surface area contributed by atoms with E-state index in [2.05, 4.69) is 0 Å². The van der Waals surface area contributed by atoms with E-state index in [9.17, 15) is 18.3 Å². The molecule has 3 aromatic carbocycles. The summed E-state index contributed by atoms with van der Waals surface area (Å²) in [5.41, 5.74) is 2.21. The van der Waals surface area contributed by atoms with Crippen molar-refractivity contribution in [2.24, 2.45) is 0 Å². The number of carbonyl (C=O) groups is 1. The van der Waals surface area contributed by atoms with Crippen LogP contribution in [0.25, 0.3) is 0 Å². The summed E-state index contributed by atoms with van der Waals surface area (Å²) >= 11 is 0. The van der Waals surface area contributed by atoms with E-state index in [0.29, 0.717) is 17.2 Å². The summed E-state index contributed by atoms with van der Waals surface area (Å²) in [7, 11) is -0.492. The third kappa shape index (κ3) is 6.74. The summed E-state index contributed by atoms with van der Waals surface area (Å²) in [5, 5.41) is 10.2. The van der Waals surface area contributed by atoms with E-state index < -0.39 is 16.1 Å². The summed E-state index contributed by atoms with van der Waals surface area (Å²) in [6.07, 6.45) is -0.876. The number of carbonyl (C=O) groups excluding carboxylic acids is 1. The van der Waals surface area contributed by atoms with Gasteiger partial charge in [0.25, 0.3) is 10.0 Å². The lowest BCUT2D eigenvalue weighted by Crippen LogP contribution is -2.26. The Morgan fingerprint density at radius 2 is 1.29 bits per heavy atom. The Labute approximate surface area is 206 Å². The number of sulfonamides is 1. The predicted molar refractivity (Wildman–Crippen MR) is 136 cm³/mol. The highest BCUT2D eigenvalue weighted by atomic mass is 32.2. The summed E-state index contributed by atoms with van der Waals surface area (Å²) in [6.45, 7) is 3.41. The van der Waals surface area contributed by atoms with E-state index >= 15 is 0 Å². The molecule has 186 valence electrons. The van der Waals surface area contributed by atoms with Crippen molar-refractivity contribution in [3.05, 3.63) is 78.4 Å². The normalized spacial score (nSPS) is 12.0. The van der Waals surface area contributed by atoms with Gasteiger partial charge < -0.3 is 19.5 Å². The Morgan fingerprint density at radius 3 is 1.74 bits per heavy atom. The van der Waals surface area contributed by atoms with E-state index in [0.717, 1.165) is 11.3 Å². The Balaban J connectivity index is 1.50. The minimum absolute atomic E-state index is 0.00199. The Bertz CT molecular complexity index is 1230. The molecule has 9 heteroatoms. The molecule has 0 spiro atoms. The fraction of sp³-hybridized carbons (Fsp3) is 0.269. The summed E-state index contributed by atoms with van der Waals surface area (Å²) < 4.78 is 38.1. The summed E-state index contributed by atoms with van der Waals surface area (Å²) in [6, 6.07) is 20.2. The molecule has 0 saturated carbocycles. The summed E-state index contributed by atoms with van der Waals surface area (Å²) in [4.78, 5) is 13.2. The van der Waals surface area contributed by atoms with Crippen molar-refractivity contribution in [1.29, 1.82) is 0 Å². The van der Waals surface area contributed by atoms with Gasteiger partial charge in [0.2, 0.25) is 5.91 Å². The van der Waals surface area contributed by atoms with Crippen LogP contribution in [0.1, 0.15) is 12.5 Å². The average Bonchev–Trinajstić information content (AvgIpc) is 2.86. The number of benzene rings is 3. The predicted octanol–water partition coefficient (Wildman–Crippen LogP) is 3.62. The van der Waals surface area contributed by atoms with Gasteiger partial charge >= 0.3 is 0 Å². The topological polar surface area (TPSA) is 96.4 Å². The minimum Gasteiger partial charge on any atom is -0.491 e. The standard InChI is InChI=1S/C26H30N2O6S/c1-19-5-15-26(16-6-19)35(31,32)28(4)22-9-13-25(14-10-22)34-18-23(30)17-33-24-11-7-21(8-12-24)27(3)20(2)29/h5-16,23,30H,17-18H2,1-4H3. The monoisotopic (exact) mass is 498 g/mol. The maximum atomic E-state index is 12.8. The Kier molecular flexibility index (Phi) is 8.37. The maximum absolute atomic E-state index is 12.8. The third-order valence-electron chi connectivity index (χ3n) is 5.46. The van der Waals surface area contributed by atoms with Crippen LogP contribution < -0.4 is 18.7 Å². The van der Waals surface area contributed by atoms with Crippen LogP contribution in [0.3, 0.4) is 0 Å². The average molecular weight is 499 g/mol. The zero-order valence-corrected chi connectivity index (χ0v) is 21.0. The maximum Gasteiger partial charge on any atom is 0.264 e. The van der Waals surface area contributed by atoms with Gasteiger partial charge in [-0.2, -0.15) is 0 Å². The molecule has 1 atom stereocenters. The SMILES string of the molecule is CC(=O)N(C)c1ccc(OCC(O)COc2ccc(N(C)S(=O)(=O)c3ccc(C)cc3)cc2)cc1. The Hall–Kier alpha value is -3.56. The molecule has 8 nitrogen and oxygen atoms in total. The van der Waals surface area contributed by atoms with Gasteiger partial charge in [0.05, 0.1) is 10.6 Å². The first-order chi connectivity index (χ1) is 16.6. The van der Waals surface area contributed by atoms with Gasteiger partial charge in [0.1, 0.15) is 30.8 Å². The van der Waals surface area contributed by atoms with Crippen molar-refractivity contribution in [2.45, 2.75) is 24.8 Å². The van der Waals surface area contributed by atoms with Crippen LogP contribution in [-0.2, 0) is 14.8 Å². The first-order valence-electron chi connectivity index (χ1n) is 11.0. The first kappa shape index (κ1) is 26.1. The van der Waals surface area contributed by atoms with Gasteiger partial charge in [-0.1, -0.05) is 17.7 Å². The number of aryl methyl sites for hydroxylation is 1. The Morgan fingerprint density at radius 1 is 0.829 bits per heavy atom. The number of nitrogens with zero attached hydrogens (tertiary/aromatic N) is 2. The quantitative estimate of drug-likeness (QED) is 0.459. The van der Waals surface area contributed by atoms with E-state index in [1.165, 1.54) is 23.2 Å². The van der Waals surface area contributed by atoms with Gasteiger partial charge in [-0.3, -0.25) is 9.10 Å². The fourth-order valence-electron chi connectivity index (χ4n) is 3.14. The van der Waals surface area contributed by atoms with Crippen molar-refractivity contribution in [3.8, 4) is 11.5 Å². The van der Waals surface area contributed by atoms with E-state index in [1.54, 1.807) is 79.8 Å². The number of hydrogen-bond donors (Lipinski definition) is 1. The fourth-order valence-corrected chi connectivity index (χ4v) is 4.34. The molecule has 0 radical (unpaired) electrons. The lowest BCUT2D eigenvalue weighted by atomic mass is 10.2. The first-order valence-corrected chi connectivity index (χ1v) is 12.5. The zero-order chi connectivity index (χ0) is 25.6. The number of ether oxygens (including phenoxy) is 2. The third-order valence-corrected chi connectivity index (χ3v) is 7.26. The van der Waals surface area contributed by atoms with Crippen molar-refractivity contribution in [3.63, 3.8) is 0 Å². The second kappa shape index (κ2) is 11.2. The number of hydrogen-bond acceptors (Lipinski definition) is 6. The van der Waals surface area contributed by atoms with Gasteiger partial charge in [-0.05, 0) is 67.6 Å². The molecule has 3 rings (SSSR count). The molecule has 1 N–H and O–H groups in total. The lowest BCUT2D eigenvalue weighted by Gasteiger charge is -2.20. The van der Waals surface area contributed by atoms with Crippen LogP contribution in [0.2, 0.25) is 0 Å². The number of amides is 1. The van der Waals surface area contributed by atoms with Crippen LogP contribution in [0, 0.1) is 6.92 Å². The highest BCUT2D eigenvalue weighted by molar-refractivity contribution is 7.92. The molecule has 0 aromatic heterocycles. The molecule has 1 unspecified atom stereocenters. The molecular formula is C26H30N2O6S. The number of anilines is 2. The molecule has 0 heterocycles. The van der Waals surface area contributed by atoms with Crippen molar-refractivity contribution < 1.29 is 27.8 Å². The lowest BCUT2D eigenvalue weighted by molar-refractivity contribution is -0.116. The second-order valence-corrected chi connectivity index (χ2v) is 10.1. The van der Waals surface area contributed by atoms with E-state index in [-0.39, 0.29) is 24.0 Å². The number of aliphatic hydroxyl groups excluding tert-OH is 1. The van der Waals surface area contributed by atoms with Gasteiger partial charge in [-0.15, -0.1) is 0 Å². The summed E-state index contributed by atoms with van der Waals surface area (Å²) in [5.74, 6) is 0.983. The van der Waals surface area contributed by atoms with Crippen molar-refractivity contribution in [1.82, 2.24) is 0 Å². The van der Waals surface area contributed by atoms with E-state index in [1.807, 2.05) is 6.92 Å². The van der Waals surface area contributed by atoms with Crippen LogP contribution in [0.5, 0.6) is 11.5 Å². The molecule has 0 fully saturated rings. The number of aliphatic hydroxyl groups is 1. The van der Waals surface area contributed by atoms with Crippen molar-refractivity contribution in [2.75, 3.05) is 36.5 Å². The molecule has 3 aromatic rings. The molecule has 0 saturated heterocycles. The molecule has 0 bridgehead atoms. The molecule has 35 heavy (non-hydrogen) atoms. The minimum atomic E-state index is -3.68. The number of rotatable bonds is 10. The second-order valence-electron chi connectivity index (χ2n) is 8.13. The van der Waals surface area contributed by atoms with Gasteiger partial charge in [0.15, 0.2) is 0 Å². The largest absolute Gasteiger partial charge is 0.491 e.